The van der Waals surface area contributed by atoms with Crippen LogP contribution in [-0.4, -0.2) is 49.1 Å². The highest BCUT2D eigenvalue weighted by Gasteiger charge is 2.22. The van der Waals surface area contributed by atoms with Crippen LogP contribution in [0.4, 0.5) is 5.69 Å². The minimum absolute atomic E-state index is 0.0356. The number of carbonyl (C=O) groups is 1. The zero-order valence-electron chi connectivity index (χ0n) is 12.3. The van der Waals surface area contributed by atoms with Gasteiger partial charge in [-0.2, -0.15) is 0 Å². The molecule has 1 aromatic rings. The molecule has 114 valence electrons. The number of nitro groups is 1. The molecule has 0 aliphatic carbocycles. The molecule has 7 nitrogen and oxygen atoms in total. The van der Waals surface area contributed by atoms with E-state index in [1.807, 2.05) is 5.01 Å². The molecule has 0 aromatic heterocycles. The molecule has 1 aliphatic rings. The van der Waals surface area contributed by atoms with Gasteiger partial charge in [-0.15, -0.1) is 0 Å². The highest BCUT2D eigenvalue weighted by molar-refractivity contribution is 5.82. The number of hydrazine groups is 1. The van der Waals surface area contributed by atoms with E-state index in [1.165, 1.54) is 17.0 Å². The summed E-state index contributed by atoms with van der Waals surface area (Å²) in [6.07, 6.45) is 0. The standard InChI is InChI=1S/C14H20N4O3/c1-11(12-3-5-13(6-4-12)18(20)21)14(19)15-17-9-7-16(2)8-10-17/h3-6,11H,7-10H2,1-2H3,(H,15,19)/p+1/t11-/m0/s1. The highest BCUT2D eigenvalue weighted by atomic mass is 16.6. The van der Waals surface area contributed by atoms with E-state index in [-0.39, 0.29) is 17.5 Å². The molecule has 0 saturated carbocycles. The number of quaternary nitrogens is 1. The fourth-order valence-electron chi connectivity index (χ4n) is 2.29. The molecule has 7 heteroatoms. The molecule has 2 rings (SSSR count). The highest BCUT2D eigenvalue weighted by Crippen LogP contribution is 2.19. The summed E-state index contributed by atoms with van der Waals surface area (Å²) in [7, 11) is 2.14. The van der Waals surface area contributed by atoms with Gasteiger partial charge in [0.1, 0.15) is 0 Å². The predicted octanol–water partition coefficient (Wildman–Crippen LogP) is -0.440. The SMILES string of the molecule is C[C@H](C(=O)NN1CC[NH+](C)CC1)c1ccc([N+](=O)[O-])cc1. The molecule has 0 bridgehead atoms. The van der Waals surface area contributed by atoms with Gasteiger partial charge in [-0.3, -0.25) is 20.3 Å². The molecule has 1 heterocycles. The van der Waals surface area contributed by atoms with Gasteiger partial charge in [-0.05, 0) is 12.5 Å². The number of hydrogen-bond donors (Lipinski definition) is 2. The Morgan fingerprint density at radius 1 is 1.33 bits per heavy atom. The van der Waals surface area contributed by atoms with E-state index >= 15 is 0 Å². The number of piperazine rings is 1. The summed E-state index contributed by atoms with van der Waals surface area (Å²) < 4.78 is 0. The van der Waals surface area contributed by atoms with Crippen molar-refractivity contribution in [2.45, 2.75) is 12.8 Å². The van der Waals surface area contributed by atoms with Crippen molar-refractivity contribution in [3.05, 3.63) is 39.9 Å². The zero-order chi connectivity index (χ0) is 15.4. The van der Waals surface area contributed by atoms with Crippen LogP contribution in [0.3, 0.4) is 0 Å². The lowest BCUT2D eigenvalue weighted by Gasteiger charge is -2.30. The Kier molecular flexibility index (Phi) is 4.87. The molecular weight excluding hydrogens is 272 g/mol. The molecule has 1 amide bonds. The molecule has 0 radical (unpaired) electrons. The lowest BCUT2D eigenvalue weighted by atomic mass is 10.0. The summed E-state index contributed by atoms with van der Waals surface area (Å²) in [4.78, 5) is 23.9. The Hall–Kier alpha value is -1.99. The Labute approximate surface area is 123 Å². The lowest BCUT2D eigenvalue weighted by Crippen LogP contribution is -3.12. The van der Waals surface area contributed by atoms with E-state index in [2.05, 4.69) is 12.5 Å². The number of benzene rings is 1. The second-order valence-electron chi connectivity index (χ2n) is 5.49. The summed E-state index contributed by atoms with van der Waals surface area (Å²) in [5.41, 5.74) is 3.73. The first-order valence-corrected chi connectivity index (χ1v) is 7.08. The number of non-ortho nitro benzene ring substituents is 1. The maximum Gasteiger partial charge on any atom is 0.269 e. The van der Waals surface area contributed by atoms with Crippen molar-refractivity contribution in [3.8, 4) is 0 Å². The first-order chi connectivity index (χ1) is 9.97. The van der Waals surface area contributed by atoms with Crippen LogP contribution >= 0.6 is 0 Å². The molecule has 21 heavy (non-hydrogen) atoms. The summed E-state index contributed by atoms with van der Waals surface area (Å²) in [5, 5.41) is 12.6. The second-order valence-corrected chi connectivity index (χ2v) is 5.49. The van der Waals surface area contributed by atoms with Crippen LogP contribution in [0.25, 0.3) is 0 Å². The molecule has 1 aromatic carbocycles. The van der Waals surface area contributed by atoms with Crippen LogP contribution in [0.5, 0.6) is 0 Å². The second kappa shape index (κ2) is 6.64. The van der Waals surface area contributed by atoms with Crippen molar-refractivity contribution in [1.29, 1.82) is 0 Å². The van der Waals surface area contributed by atoms with Crippen molar-refractivity contribution in [2.24, 2.45) is 0 Å². The molecular formula is C14H21N4O3+. The van der Waals surface area contributed by atoms with Gasteiger partial charge in [-0.25, -0.2) is 5.01 Å². The number of rotatable bonds is 4. The van der Waals surface area contributed by atoms with E-state index in [9.17, 15) is 14.9 Å². The number of nitro benzene ring substituents is 1. The van der Waals surface area contributed by atoms with Crippen molar-refractivity contribution < 1.29 is 14.6 Å². The summed E-state index contributed by atoms with van der Waals surface area (Å²) in [5.74, 6) is -0.416. The first-order valence-electron chi connectivity index (χ1n) is 7.08. The third-order valence-corrected chi connectivity index (χ3v) is 3.88. The Morgan fingerprint density at radius 2 is 1.90 bits per heavy atom. The average Bonchev–Trinajstić information content (AvgIpc) is 2.49. The lowest BCUT2D eigenvalue weighted by molar-refractivity contribution is -0.884. The van der Waals surface area contributed by atoms with E-state index in [4.69, 9.17) is 0 Å². The van der Waals surface area contributed by atoms with Crippen LogP contribution in [0, 0.1) is 10.1 Å². The van der Waals surface area contributed by atoms with Gasteiger partial charge < -0.3 is 4.90 Å². The molecule has 1 atom stereocenters. The fraction of sp³-hybridized carbons (Fsp3) is 0.500. The zero-order valence-corrected chi connectivity index (χ0v) is 12.3. The van der Waals surface area contributed by atoms with Gasteiger partial charge in [-0.1, -0.05) is 12.1 Å². The smallest absolute Gasteiger partial charge is 0.269 e. The quantitative estimate of drug-likeness (QED) is 0.582. The fourth-order valence-corrected chi connectivity index (χ4v) is 2.29. The Bertz CT molecular complexity index is 509. The maximum atomic E-state index is 12.2. The van der Waals surface area contributed by atoms with E-state index < -0.39 is 4.92 Å². The number of nitrogens with zero attached hydrogens (tertiary/aromatic N) is 2. The third kappa shape index (κ3) is 3.99. The minimum Gasteiger partial charge on any atom is -0.335 e. The molecule has 0 spiro atoms. The minimum atomic E-state index is -0.443. The molecule has 1 aliphatic heterocycles. The number of amides is 1. The van der Waals surface area contributed by atoms with E-state index in [1.54, 1.807) is 19.1 Å². The van der Waals surface area contributed by atoms with Crippen molar-refractivity contribution in [2.75, 3.05) is 33.2 Å². The van der Waals surface area contributed by atoms with Crippen LogP contribution in [0.15, 0.2) is 24.3 Å². The Morgan fingerprint density at radius 3 is 2.43 bits per heavy atom. The van der Waals surface area contributed by atoms with Crippen LogP contribution in [-0.2, 0) is 4.79 Å². The molecule has 1 saturated heterocycles. The predicted molar refractivity (Wildman–Crippen MR) is 77.8 cm³/mol. The van der Waals surface area contributed by atoms with Crippen LogP contribution < -0.4 is 10.3 Å². The van der Waals surface area contributed by atoms with Crippen LogP contribution in [0.1, 0.15) is 18.4 Å². The van der Waals surface area contributed by atoms with Gasteiger partial charge in [0, 0.05) is 12.1 Å². The number of hydrogen-bond acceptors (Lipinski definition) is 4. The molecule has 2 N–H and O–H groups in total. The molecule has 0 unspecified atom stereocenters. The van der Waals surface area contributed by atoms with Crippen molar-refractivity contribution in [1.82, 2.24) is 10.4 Å². The topological polar surface area (TPSA) is 79.9 Å². The largest absolute Gasteiger partial charge is 0.335 e. The number of nitrogens with one attached hydrogen (secondary N) is 2. The first kappa shape index (κ1) is 15.4. The van der Waals surface area contributed by atoms with Gasteiger partial charge in [0.2, 0.25) is 5.91 Å². The van der Waals surface area contributed by atoms with Crippen molar-refractivity contribution in [3.63, 3.8) is 0 Å². The van der Waals surface area contributed by atoms with Gasteiger partial charge >= 0.3 is 0 Å². The van der Waals surface area contributed by atoms with E-state index in [0.29, 0.717) is 0 Å². The summed E-state index contributed by atoms with van der Waals surface area (Å²) in [6, 6.07) is 6.13. The normalized spacial score (nSPS) is 18.2. The average molecular weight is 293 g/mol. The van der Waals surface area contributed by atoms with Gasteiger partial charge in [0.15, 0.2) is 0 Å². The third-order valence-electron chi connectivity index (χ3n) is 3.88. The maximum absolute atomic E-state index is 12.2. The van der Waals surface area contributed by atoms with Crippen LogP contribution in [0.2, 0.25) is 0 Å². The van der Waals surface area contributed by atoms with Gasteiger partial charge in [0.25, 0.3) is 5.69 Å². The molecule has 1 fully saturated rings. The number of carbonyl (C=O) groups excluding carboxylic acids is 1. The Balaban J connectivity index is 1.94. The van der Waals surface area contributed by atoms with Gasteiger partial charge in [0.05, 0.1) is 44.1 Å². The van der Waals surface area contributed by atoms with E-state index in [0.717, 1.165) is 31.7 Å². The summed E-state index contributed by atoms with van der Waals surface area (Å²) >= 11 is 0. The summed E-state index contributed by atoms with van der Waals surface area (Å²) in [6.45, 7) is 5.49. The van der Waals surface area contributed by atoms with Crippen molar-refractivity contribution >= 4 is 11.6 Å². The number of likely N-dealkylation sites (N-methyl/N-ethyl adjacent to an activating group) is 1. The monoisotopic (exact) mass is 293 g/mol.